The number of hydrogen-bond donors (Lipinski definition) is 1. The Morgan fingerprint density at radius 1 is 1.00 bits per heavy atom. The number of aryl methyl sites for hydroxylation is 1. The second kappa shape index (κ2) is 6.83. The van der Waals surface area contributed by atoms with Crippen LogP contribution < -0.4 is 5.62 Å². The van der Waals surface area contributed by atoms with Crippen molar-refractivity contribution in [1.29, 1.82) is 10.7 Å². The molecule has 0 saturated heterocycles. The lowest BCUT2D eigenvalue weighted by molar-refractivity contribution is 0.787. The molecule has 0 spiro atoms. The monoisotopic (exact) mass is 410 g/mol. The third kappa shape index (κ3) is 2.76. The average molecular weight is 411 g/mol. The van der Waals surface area contributed by atoms with Crippen molar-refractivity contribution in [3.63, 3.8) is 0 Å². The van der Waals surface area contributed by atoms with Gasteiger partial charge >= 0.3 is 0 Å². The zero-order chi connectivity index (χ0) is 20.8. The number of halogens is 1. The highest BCUT2D eigenvalue weighted by molar-refractivity contribution is 6.30. The molecule has 0 fully saturated rings. The summed E-state index contributed by atoms with van der Waals surface area (Å²) in [5, 5.41) is 19.6. The van der Waals surface area contributed by atoms with Gasteiger partial charge in [-0.25, -0.2) is 4.98 Å². The molecular weight excluding hydrogens is 396 g/mol. The molecule has 0 aliphatic rings. The number of rotatable bonds is 2. The van der Waals surface area contributed by atoms with Crippen molar-refractivity contribution in [3.05, 3.63) is 83.3 Å². The van der Waals surface area contributed by atoms with E-state index in [4.69, 9.17) is 17.0 Å². The summed E-state index contributed by atoms with van der Waals surface area (Å²) in [5.74, 6) is 0. The van der Waals surface area contributed by atoms with Crippen LogP contribution in [-0.2, 0) is 7.05 Å². The van der Waals surface area contributed by atoms with E-state index in [9.17, 15) is 5.26 Å². The number of benzene rings is 2. The van der Waals surface area contributed by atoms with E-state index in [1.165, 1.54) is 0 Å². The Balaban J connectivity index is 1.87. The van der Waals surface area contributed by atoms with Crippen LogP contribution in [0.2, 0.25) is 5.02 Å². The van der Waals surface area contributed by atoms with Crippen LogP contribution in [0.3, 0.4) is 0 Å². The van der Waals surface area contributed by atoms with Crippen molar-refractivity contribution >= 4 is 33.5 Å². The van der Waals surface area contributed by atoms with E-state index in [1.807, 2.05) is 48.0 Å². The first-order valence-electron chi connectivity index (χ1n) is 9.24. The van der Waals surface area contributed by atoms with Crippen molar-refractivity contribution in [1.82, 2.24) is 19.1 Å². The highest BCUT2D eigenvalue weighted by atomic mass is 35.5. The third-order valence-electron chi connectivity index (χ3n) is 5.23. The number of hydrogen-bond acceptors (Lipinski definition) is 4. The minimum absolute atomic E-state index is 0.284. The summed E-state index contributed by atoms with van der Waals surface area (Å²) in [6.45, 7) is 0. The van der Waals surface area contributed by atoms with Gasteiger partial charge in [-0.05, 0) is 47.5 Å². The Morgan fingerprint density at radius 2 is 1.77 bits per heavy atom. The first-order valence-corrected chi connectivity index (χ1v) is 9.62. The predicted molar refractivity (Wildman–Crippen MR) is 116 cm³/mol. The zero-order valence-electron chi connectivity index (χ0n) is 16.0. The van der Waals surface area contributed by atoms with Gasteiger partial charge in [0.15, 0.2) is 0 Å². The molecule has 1 N–H and O–H groups in total. The summed E-state index contributed by atoms with van der Waals surface area (Å²) in [6.07, 6.45) is 3.36. The highest BCUT2D eigenvalue weighted by Crippen LogP contribution is 2.30. The third-order valence-corrected chi connectivity index (χ3v) is 5.48. The lowest BCUT2D eigenvalue weighted by Gasteiger charge is -2.09. The number of nitrogens with one attached hydrogen (secondary N) is 1. The van der Waals surface area contributed by atoms with Crippen LogP contribution in [0, 0.1) is 16.7 Å². The first-order chi connectivity index (χ1) is 14.6. The van der Waals surface area contributed by atoms with Gasteiger partial charge in [0.05, 0.1) is 28.4 Å². The minimum atomic E-state index is 0.284. The number of nitrogens with zero attached hydrogens (tertiary/aromatic N) is 5. The van der Waals surface area contributed by atoms with Crippen LogP contribution in [0.1, 0.15) is 5.69 Å². The molecule has 0 aliphatic heterocycles. The molecule has 3 heterocycles. The van der Waals surface area contributed by atoms with E-state index < -0.39 is 0 Å². The summed E-state index contributed by atoms with van der Waals surface area (Å²) in [5.41, 5.74) is 5.89. The van der Waals surface area contributed by atoms with E-state index in [0.717, 1.165) is 33.1 Å². The standard InChI is InChI=1S/C23H15ClN6/c1-29-21-13-28-20-7-4-15(14-2-5-16(24)6-3-14)10-19(20)22(21)30(23(29)26)18-8-9-27-17(11-18)12-25/h2-11,13,26H,1H3. The molecule has 30 heavy (non-hydrogen) atoms. The molecule has 0 bridgehead atoms. The Morgan fingerprint density at radius 3 is 2.53 bits per heavy atom. The molecule has 7 heteroatoms. The fourth-order valence-electron chi connectivity index (χ4n) is 3.71. The number of pyridine rings is 2. The van der Waals surface area contributed by atoms with Crippen LogP contribution in [0.4, 0.5) is 0 Å². The first kappa shape index (κ1) is 18.1. The molecule has 144 valence electrons. The van der Waals surface area contributed by atoms with Gasteiger partial charge < -0.3 is 4.57 Å². The lowest BCUT2D eigenvalue weighted by atomic mass is 10.0. The molecule has 3 aromatic heterocycles. The molecule has 0 radical (unpaired) electrons. The van der Waals surface area contributed by atoms with Crippen LogP contribution in [0.5, 0.6) is 0 Å². The molecule has 0 aliphatic carbocycles. The smallest absolute Gasteiger partial charge is 0.207 e. The van der Waals surface area contributed by atoms with Gasteiger partial charge in [0.2, 0.25) is 5.62 Å². The number of aromatic nitrogens is 4. The molecule has 5 rings (SSSR count). The summed E-state index contributed by atoms with van der Waals surface area (Å²) >= 11 is 6.04. The molecule has 0 atom stereocenters. The van der Waals surface area contributed by atoms with E-state index >= 15 is 0 Å². The average Bonchev–Trinajstić information content (AvgIpc) is 3.04. The van der Waals surface area contributed by atoms with Gasteiger partial charge in [-0.3, -0.25) is 15.0 Å². The van der Waals surface area contributed by atoms with Gasteiger partial charge in [0.25, 0.3) is 0 Å². The maximum atomic E-state index is 9.26. The van der Waals surface area contributed by atoms with Crippen LogP contribution >= 0.6 is 11.6 Å². The van der Waals surface area contributed by atoms with Gasteiger partial charge in [-0.1, -0.05) is 29.8 Å². The summed E-state index contributed by atoms with van der Waals surface area (Å²) in [7, 11) is 1.84. The Kier molecular flexibility index (Phi) is 4.12. The number of imidazole rings is 1. The Bertz CT molecular complexity index is 1540. The summed E-state index contributed by atoms with van der Waals surface area (Å²) in [6, 6.07) is 19.3. The van der Waals surface area contributed by atoms with Crippen molar-refractivity contribution in [3.8, 4) is 22.9 Å². The molecule has 0 amide bonds. The number of nitriles is 1. The van der Waals surface area contributed by atoms with E-state index in [0.29, 0.717) is 16.4 Å². The van der Waals surface area contributed by atoms with Crippen molar-refractivity contribution in [2.45, 2.75) is 0 Å². The quantitative estimate of drug-likeness (QED) is 0.462. The second-order valence-electron chi connectivity index (χ2n) is 6.96. The van der Waals surface area contributed by atoms with E-state index in [-0.39, 0.29) is 5.62 Å². The van der Waals surface area contributed by atoms with E-state index in [2.05, 4.69) is 22.1 Å². The normalized spacial score (nSPS) is 11.1. The van der Waals surface area contributed by atoms with Crippen LogP contribution in [0.15, 0.2) is 67.0 Å². The van der Waals surface area contributed by atoms with Crippen molar-refractivity contribution in [2.75, 3.05) is 0 Å². The fraction of sp³-hybridized carbons (Fsp3) is 0.0435. The van der Waals surface area contributed by atoms with Gasteiger partial charge in [0, 0.05) is 23.7 Å². The van der Waals surface area contributed by atoms with Gasteiger partial charge in [-0.2, -0.15) is 5.26 Å². The minimum Gasteiger partial charge on any atom is -0.312 e. The van der Waals surface area contributed by atoms with Crippen LogP contribution in [0.25, 0.3) is 38.8 Å². The Hall–Kier alpha value is -3.95. The molecule has 0 saturated carbocycles. The predicted octanol–water partition coefficient (Wildman–Crippen LogP) is 4.58. The van der Waals surface area contributed by atoms with Crippen molar-refractivity contribution in [2.24, 2.45) is 7.05 Å². The fourth-order valence-corrected chi connectivity index (χ4v) is 3.84. The Labute approximate surface area is 176 Å². The summed E-state index contributed by atoms with van der Waals surface area (Å²) < 4.78 is 3.61. The van der Waals surface area contributed by atoms with Gasteiger partial charge in [-0.15, -0.1) is 0 Å². The lowest BCUT2D eigenvalue weighted by Crippen LogP contribution is -2.21. The van der Waals surface area contributed by atoms with Crippen LogP contribution in [-0.4, -0.2) is 19.1 Å². The second-order valence-corrected chi connectivity index (χ2v) is 7.40. The highest BCUT2D eigenvalue weighted by Gasteiger charge is 2.15. The zero-order valence-corrected chi connectivity index (χ0v) is 16.7. The molecular formula is C23H15ClN6. The van der Waals surface area contributed by atoms with Crippen molar-refractivity contribution < 1.29 is 0 Å². The molecule has 2 aromatic carbocycles. The molecule has 6 nitrogen and oxygen atoms in total. The SMILES string of the molecule is Cn1c(=N)n(-c2ccnc(C#N)c2)c2c3cc(-c4ccc(Cl)cc4)ccc3ncc21. The molecule has 5 aromatic rings. The summed E-state index contributed by atoms with van der Waals surface area (Å²) in [4.78, 5) is 8.66. The largest absolute Gasteiger partial charge is 0.312 e. The van der Waals surface area contributed by atoms with Gasteiger partial charge in [0.1, 0.15) is 11.8 Å². The molecule has 0 unspecified atom stereocenters. The topological polar surface area (TPSA) is 83.3 Å². The number of fused-ring (bicyclic) bond motifs is 3. The van der Waals surface area contributed by atoms with E-state index in [1.54, 1.807) is 29.1 Å². The maximum absolute atomic E-state index is 9.26. The maximum Gasteiger partial charge on any atom is 0.207 e.